The molecule has 0 unspecified atom stereocenters. The molecule has 7 nitrogen and oxygen atoms in total. The molecule has 0 amide bonds. The van der Waals surface area contributed by atoms with Crippen LogP contribution in [-0.2, 0) is 0 Å². The lowest BCUT2D eigenvalue weighted by molar-refractivity contribution is 0.200. The summed E-state index contributed by atoms with van der Waals surface area (Å²) in [5.41, 5.74) is -0.349. The molecule has 0 spiro atoms. The van der Waals surface area contributed by atoms with E-state index >= 15 is 0 Å². The number of fused-ring (bicyclic) bond motifs is 1. The van der Waals surface area contributed by atoms with Crippen molar-refractivity contribution in [1.29, 1.82) is 0 Å². The molecule has 2 heterocycles. The maximum atomic E-state index is 12.4. The number of aromatic hydroxyl groups is 1. The molecule has 0 saturated heterocycles. The summed E-state index contributed by atoms with van der Waals surface area (Å²) in [5.74, 6) is 0.159. The monoisotopic (exact) mass is 436 g/mol. The van der Waals surface area contributed by atoms with Gasteiger partial charge in [-0.2, -0.15) is 0 Å². The molecule has 1 fully saturated rings. The Labute approximate surface area is 176 Å². The van der Waals surface area contributed by atoms with Gasteiger partial charge in [0, 0.05) is 17.8 Å². The third-order valence-electron chi connectivity index (χ3n) is 4.88. The van der Waals surface area contributed by atoms with Crippen molar-refractivity contribution in [1.82, 2.24) is 4.98 Å². The van der Waals surface area contributed by atoms with Crippen molar-refractivity contribution in [2.24, 2.45) is 0 Å². The van der Waals surface area contributed by atoms with Crippen molar-refractivity contribution in [2.75, 3.05) is 12.4 Å². The van der Waals surface area contributed by atoms with Gasteiger partial charge in [-0.25, -0.2) is 4.79 Å². The Morgan fingerprint density at radius 1 is 1.17 bits per heavy atom. The molecule has 4 rings (SSSR count). The summed E-state index contributed by atoms with van der Waals surface area (Å²) in [7, 11) is 1.51. The van der Waals surface area contributed by atoms with Gasteiger partial charge >= 0.3 is 5.63 Å². The topological polar surface area (TPSA) is 93.8 Å². The average Bonchev–Trinajstić information content (AvgIpc) is 3.21. The van der Waals surface area contributed by atoms with Gasteiger partial charge in [-0.1, -0.05) is 23.2 Å². The molecule has 2 N–H and O–H groups in total. The minimum Gasteiger partial charge on any atom is -0.500 e. The van der Waals surface area contributed by atoms with Gasteiger partial charge in [0.2, 0.25) is 11.5 Å². The summed E-state index contributed by atoms with van der Waals surface area (Å²) in [6, 6.07) is 3.34. The predicted molar refractivity (Wildman–Crippen MR) is 111 cm³/mol. The molecule has 1 saturated carbocycles. The highest BCUT2D eigenvalue weighted by atomic mass is 35.5. The smallest absolute Gasteiger partial charge is 0.381 e. The van der Waals surface area contributed by atoms with Crippen LogP contribution < -0.4 is 20.4 Å². The van der Waals surface area contributed by atoms with Crippen molar-refractivity contribution in [2.45, 2.75) is 31.8 Å². The van der Waals surface area contributed by atoms with Gasteiger partial charge in [-0.3, -0.25) is 4.98 Å². The molecule has 2 aromatic heterocycles. The lowest BCUT2D eigenvalue weighted by atomic mass is 10.1. The number of rotatable bonds is 5. The van der Waals surface area contributed by atoms with Crippen molar-refractivity contribution in [3.63, 3.8) is 0 Å². The van der Waals surface area contributed by atoms with Crippen LogP contribution in [0.25, 0.3) is 11.0 Å². The Hall–Kier alpha value is -2.64. The second-order valence-corrected chi connectivity index (χ2v) is 7.53. The third kappa shape index (κ3) is 3.68. The molecule has 1 aliphatic rings. The molecule has 1 aromatic carbocycles. The van der Waals surface area contributed by atoms with Gasteiger partial charge < -0.3 is 24.3 Å². The Balaban J connectivity index is 1.90. The first-order chi connectivity index (χ1) is 14.0. The van der Waals surface area contributed by atoms with E-state index < -0.39 is 11.4 Å². The summed E-state index contributed by atoms with van der Waals surface area (Å²) in [5, 5.41) is 14.2. The number of hydrogen-bond acceptors (Lipinski definition) is 7. The number of methoxy groups -OCH3 is 1. The summed E-state index contributed by atoms with van der Waals surface area (Å²) in [6.45, 7) is 0. The maximum absolute atomic E-state index is 12.4. The Morgan fingerprint density at radius 2 is 1.86 bits per heavy atom. The molecule has 0 bridgehead atoms. The van der Waals surface area contributed by atoms with E-state index in [1.165, 1.54) is 19.5 Å². The van der Waals surface area contributed by atoms with Gasteiger partial charge in [0.15, 0.2) is 11.3 Å². The summed E-state index contributed by atoms with van der Waals surface area (Å²) in [6.07, 6.45) is 6.79. The summed E-state index contributed by atoms with van der Waals surface area (Å²) < 4.78 is 16.9. The zero-order valence-corrected chi connectivity index (χ0v) is 17.0. The largest absolute Gasteiger partial charge is 0.500 e. The van der Waals surface area contributed by atoms with E-state index in [0.717, 1.165) is 25.7 Å². The van der Waals surface area contributed by atoms with Crippen LogP contribution in [0, 0.1) is 0 Å². The zero-order chi connectivity index (χ0) is 20.5. The first kappa shape index (κ1) is 19.7. The SMILES string of the molecule is COc1ccc2c(Nc3c(Cl)cncc3Cl)c(O)c(=O)oc2c1OC1CCCC1. The second kappa shape index (κ2) is 8.00. The highest BCUT2D eigenvalue weighted by Gasteiger charge is 2.25. The predicted octanol–water partition coefficient (Wildman–Crippen LogP) is 5.27. The van der Waals surface area contributed by atoms with Gasteiger partial charge in [0.25, 0.3) is 0 Å². The van der Waals surface area contributed by atoms with Crippen LogP contribution in [0.5, 0.6) is 17.2 Å². The minimum atomic E-state index is -0.925. The van der Waals surface area contributed by atoms with Crippen molar-refractivity contribution >= 4 is 45.5 Å². The fourth-order valence-corrected chi connectivity index (χ4v) is 3.90. The number of ether oxygens (including phenoxy) is 2. The third-order valence-corrected chi connectivity index (χ3v) is 5.45. The highest BCUT2D eigenvalue weighted by Crippen LogP contribution is 2.43. The molecule has 152 valence electrons. The Morgan fingerprint density at radius 3 is 2.52 bits per heavy atom. The molecule has 1 aliphatic carbocycles. The molecule has 0 aliphatic heterocycles. The van der Waals surface area contributed by atoms with Crippen LogP contribution >= 0.6 is 23.2 Å². The molecule has 0 atom stereocenters. The van der Waals surface area contributed by atoms with E-state index in [-0.39, 0.29) is 27.4 Å². The molecule has 9 heteroatoms. The Kier molecular flexibility index (Phi) is 5.43. The van der Waals surface area contributed by atoms with Crippen molar-refractivity contribution in [3.8, 4) is 17.2 Å². The van der Waals surface area contributed by atoms with Crippen molar-refractivity contribution < 1.29 is 19.0 Å². The molecular formula is C20H18Cl2N2O5. The molecular weight excluding hydrogens is 419 g/mol. The first-order valence-electron chi connectivity index (χ1n) is 9.09. The van der Waals surface area contributed by atoms with E-state index in [0.29, 0.717) is 22.6 Å². The number of benzene rings is 1. The number of halogens is 2. The highest BCUT2D eigenvalue weighted by molar-refractivity contribution is 6.39. The fourth-order valence-electron chi connectivity index (χ4n) is 3.44. The standard InChI is InChI=1S/C20H18Cl2N2O5/c1-27-14-7-6-11-15(24-16-12(21)8-23-9-13(16)22)17(25)20(26)29-18(11)19(14)28-10-4-2-3-5-10/h6-10,25H,2-5H2,1H3,(H,23,24). The van der Waals surface area contributed by atoms with Crippen LogP contribution in [0.1, 0.15) is 25.7 Å². The van der Waals surface area contributed by atoms with Gasteiger partial charge in [-0.05, 0) is 37.8 Å². The lowest BCUT2D eigenvalue weighted by Crippen LogP contribution is -2.13. The summed E-state index contributed by atoms with van der Waals surface area (Å²) >= 11 is 12.4. The van der Waals surface area contributed by atoms with E-state index in [4.69, 9.17) is 37.1 Å². The number of nitrogens with zero attached hydrogens (tertiary/aromatic N) is 1. The zero-order valence-electron chi connectivity index (χ0n) is 15.5. The number of aromatic nitrogens is 1. The van der Waals surface area contributed by atoms with E-state index in [1.54, 1.807) is 12.1 Å². The lowest BCUT2D eigenvalue weighted by Gasteiger charge is -2.18. The summed E-state index contributed by atoms with van der Waals surface area (Å²) in [4.78, 5) is 16.3. The van der Waals surface area contributed by atoms with Gasteiger partial charge in [0.05, 0.1) is 28.9 Å². The fraction of sp³-hybridized carbons (Fsp3) is 0.300. The number of anilines is 2. The Bertz CT molecular complexity index is 1110. The van der Waals surface area contributed by atoms with Gasteiger partial charge in [-0.15, -0.1) is 0 Å². The van der Waals surface area contributed by atoms with Crippen LogP contribution in [-0.4, -0.2) is 23.3 Å². The molecule has 3 aromatic rings. The number of pyridine rings is 1. The quantitative estimate of drug-likeness (QED) is 0.525. The normalized spacial score (nSPS) is 14.3. The minimum absolute atomic E-state index is 0.00843. The average molecular weight is 437 g/mol. The number of hydrogen-bond donors (Lipinski definition) is 2. The van der Waals surface area contributed by atoms with Crippen LogP contribution in [0.15, 0.2) is 33.7 Å². The second-order valence-electron chi connectivity index (χ2n) is 6.71. The molecule has 0 radical (unpaired) electrons. The van der Waals surface area contributed by atoms with Crippen LogP contribution in [0.2, 0.25) is 10.0 Å². The first-order valence-corrected chi connectivity index (χ1v) is 9.84. The van der Waals surface area contributed by atoms with Crippen LogP contribution in [0.3, 0.4) is 0 Å². The van der Waals surface area contributed by atoms with E-state index in [2.05, 4.69) is 10.3 Å². The van der Waals surface area contributed by atoms with Crippen LogP contribution in [0.4, 0.5) is 11.4 Å². The maximum Gasteiger partial charge on any atom is 0.381 e. The molecule has 29 heavy (non-hydrogen) atoms. The van der Waals surface area contributed by atoms with E-state index in [1.807, 2.05) is 0 Å². The van der Waals surface area contributed by atoms with Gasteiger partial charge in [0.1, 0.15) is 5.69 Å². The number of nitrogens with one attached hydrogen (secondary N) is 1. The van der Waals surface area contributed by atoms with E-state index in [9.17, 15) is 9.90 Å². The van der Waals surface area contributed by atoms with Crippen molar-refractivity contribution in [3.05, 3.63) is 45.0 Å².